The molecular weight excluding hydrogens is 236 g/mol. The summed E-state index contributed by atoms with van der Waals surface area (Å²) in [6, 6.07) is 3.46. The highest BCUT2D eigenvalue weighted by Crippen LogP contribution is 2.09. The van der Waals surface area contributed by atoms with E-state index in [0.29, 0.717) is 4.60 Å². The maximum absolute atomic E-state index is 11.1. The third-order valence-electron chi connectivity index (χ3n) is 1.54. The SMILES string of the molecule is O=c1[nH]ncn1-c1ccnc(Br)c1. The highest BCUT2D eigenvalue weighted by molar-refractivity contribution is 9.10. The molecule has 5 nitrogen and oxygen atoms in total. The van der Waals surface area contributed by atoms with Gasteiger partial charge in [0.1, 0.15) is 10.9 Å². The minimum Gasteiger partial charge on any atom is -0.250 e. The van der Waals surface area contributed by atoms with Crippen molar-refractivity contribution < 1.29 is 0 Å². The van der Waals surface area contributed by atoms with Gasteiger partial charge in [-0.3, -0.25) is 0 Å². The van der Waals surface area contributed by atoms with E-state index in [1.807, 2.05) is 0 Å². The highest BCUT2D eigenvalue weighted by atomic mass is 79.9. The third-order valence-corrected chi connectivity index (χ3v) is 1.97. The van der Waals surface area contributed by atoms with Crippen molar-refractivity contribution in [3.8, 4) is 5.69 Å². The molecule has 2 heterocycles. The smallest absolute Gasteiger partial charge is 0.250 e. The van der Waals surface area contributed by atoms with Gasteiger partial charge in [0.25, 0.3) is 0 Å². The molecule has 0 aromatic carbocycles. The summed E-state index contributed by atoms with van der Waals surface area (Å²) in [5.74, 6) is 0. The molecule has 0 atom stereocenters. The topological polar surface area (TPSA) is 63.6 Å². The quantitative estimate of drug-likeness (QED) is 0.748. The van der Waals surface area contributed by atoms with Crippen molar-refractivity contribution in [2.24, 2.45) is 0 Å². The molecule has 0 aliphatic carbocycles. The first-order chi connectivity index (χ1) is 6.27. The van der Waals surface area contributed by atoms with E-state index in [9.17, 15) is 4.79 Å². The van der Waals surface area contributed by atoms with Gasteiger partial charge in [-0.25, -0.2) is 19.4 Å². The Balaban J connectivity index is 2.59. The van der Waals surface area contributed by atoms with Gasteiger partial charge in [-0.15, -0.1) is 0 Å². The summed E-state index contributed by atoms with van der Waals surface area (Å²) in [4.78, 5) is 15.1. The number of nitrogens with one attached hydrogen (secondary N) is 1. The molecule has 2 aromatic rings. The van der Waals surface area contributed by atoms with Gasteiger partial charge in [-0.1, -0.05) is 0 Å². The number of H-pyrrole nitrogens is 1. The van der Waals surface area contributed by atoms with Crippen LogP contribution in [-0.4, -0.2) is 19.7 Å². The lowest BCUT2D eigenvalue weighted by Gasteiger charge is -1.98. The van der Waals surface area contributed by atoms with E-state index < -0.39 is 0 Å². The molecule has 13 heavy (non-hydrogen) atoms. The lowest BCUT2D eigenvalue weighted by molar-refractivity contribution is 0.975. The fraction of sp³-hybridized carbons (Fsp3) is 0. The van der Waals surface area contributed by atoms with Crippen LogP contribution < -0.4 is 5.69 Å². The second-order valence-electron chi connectivity index (χ2n) is 2.37. The van der Waals surface area contributed by atoms with E-state index in [1.165, 1.54) is 10.9 Å². The Morgan fingerprint density at radius 3 is 3.00 bits per heavy atom. The van der Waals surface area contributed by atoms with Crippen LogP contribution >= 0.6 is 15.9 Å². The predicted octanol–water partition coefficient (Wildman–Crippen LogP) is 0.718. The van der Waals surface area contributed by atoms with E-state index in [-0.39, 0.29) is 5.69 Å². The maximum Gasteiger partial charge on any atom is 0.347 e. The van der Waals surface area contributed by atoms with Crippen molar-refractivity contribution in [1.82, 2.24) is 19.7 Å². The Bertz CT molecular complexity index is 475. The van der Waals surface area contributed by atoms with Crippen LogP contribution in [0.15, 0.2) is 34.1 Å². The molecule has 1 N–H and O–H groups in total. The first-order valence-corrected chi connectivity index (χ1v) is 4.30. The summed E-state index contributed by atoms with van der Waals surface area (Å²) in [6.07, 6.45) is 3.03. The molecule has 0 fully saturated rings. The molecule has 0 spiro atoms. The van der Waals surface area contributed by atoms with Crippen molar-refractivity contribution in [1.29, 1.82) is 0 Å². The molecule has 0 aliphatic heterocycles. The second kappa shape index (κ2) is 3.14. The fourth-order valence-electron chi connectivity index (χ4n) is 0.974. The summed E-state index contributed by atoms with van der Waals surface area (Å²) in [5.41, 5.74) is 0.457. The predicted molar refractivity (Wildman–Crippen MR) is 49.7 cm³/mol. The van der Waals surface area contributed by atoms with Crippen molar-refractivity contribution >= 4 is 15.9 Å². The monoisotopic (exact) mass is 240 g/mol. The van der Waals surface area contributed by atoms with E-state index >= 15 is 0 Å². The second-order valence-corrected chi connectivity index (χ2v) is 3.18. The van der Waals surface area contributed by atoms with Crippen LogP contribution in [0.2, 0.25) is 0 Å². The Morgan fingerprint density at radius 2 is 2.38 bits per heavy atom. The summed E-state index contributed by atoms with van der Waals surface area (Å²) in [7, 11) is 0. The van der Waals surface area contributed by atoms with Crippen LogP contribution in [-0.2, 0) is 0 Å². The Labute approximate surface area is 81.6 Å². The molecule has 2 aromatic heterocycles. The van der Waals surface area contributed by atoms with Gasteiger partial charge >= 0.3 is 5.69 Å². The van der Waals surface area contributed by atoms with E-state index in [4.69, 9.17) is 0 Å². The molecule has 0 unspecified atom stereocenters. The molecule has 0 saturated carbocycles. The molecule has 0 amide bonds. The summed E-state index contributed by atoms with van der Waals surface area (Å²) >= 11 is 3.22. The van der Waals surface area contributed by atoms with Gasteiger partial charge in [0.05, 0.1) is 5.69 Å². The van der Waals surface area contributed by atoms with Gasteiger partial charge in [0, 0.05) is 6.20 Å². The summed E-state index contributed by atoms with van der Waals surface area (Å²) in [6.45, 7) is 0. The van der Waals surface area contributed by atoms with Gasteiger partial charge in [0.2, 0.25) is 0 Å². The number of rotatable bonds is 1. The van der Waals surface area contributed by atoms with Gasteiger partial charge in [0.15, 0.2) is 0 Å². The van der Waals surface area contributed by atoms with Crippen LogP contribution in [0, 0.1) is 0 Å². The highest BCUT2D eigenvalue weighted by Gasteiger charge is 2.00. The zero-order valence-electron chi connectivity index (χ0n) is 6.44. The number of aromatic nitrogens is 4. The minimum atomic E-state index is -0.266. The Kier molecular flexibility index (Phi) is 1.97. The molecular formula is C7H5BrN4O. The third kappa shape index (κ3) is 1.52. The molecule has 6 heteroatoms. The average Bonchev–Trinajstić information content (AvgIpc) is 2.51. The van der Waals surface area contributed by atoms with E-state index in [1.54, 1.807) is 18.3 Å². The average molecular weight is 241 g/mol. The normalized spacial score (nSPS) is 10.2. The van der Waals surface area contributed by atoms with Gasteiger partial charge < -0.3 is 0 Å². The van der Waals surface area contributed by atoms with Gasteiger partial charge in [-0.2, -0.15) is 5.10 Å². The number of nitrogens with zero attached hydrogens (tertiary/aromatic N) is 3. The minimum absolute atomic E-state index is 0.266. The van der Waals surface area contributed by atoms with Crippen LogP contribution in [0.25, 0.3) is 5.69 Å². The van der Waals surface area contributed by atoms with Crippen molar-refractivity contribution in [3.05, 3.63) is 39.7 Å². The number of hydrogen-bond acceptors (Lipinski definition) is 3. The number of pyridine rings is 1. The molecule has 0 radical (unpaired) electrons. The maximum atomic E-state index is 11.1. The van der Waals surface area contributed by atoms with Crippen molar-refractivity contribution in [3.63, 3.8) is 0 Å². The van der Waals surface area contributed by atoms with Crippen LogP contribution in [0.5, 0.6) is 0 Å². The largest absolute Gasteiger partial charge is 0.347 e. The zero-order chi connectivity index (χ0) is 9.26. The first-order valence-electron chi connectivity index (χ1n) is 3.51. The number of hydrogen-bond donors (Lipinski definition) is 1. The Hall–Kier alpha value is -1.43. The van der Waals surface area contributed by atoms with Crippen LogP contribution in [0.1, 0.15) is 0 Å². The molecule has 0 aliphatic rings. The van der Waals surface area contributed by atoms with E-state index in [0.717, 1.165) is 5.69 Å². The molecule has 2 rings (SSSR count). The molecule has 0 saturated heterocycles. The van der Waals surface area contributed by atoms with Crippen molar-refractivity contribution in [2.45, 2.75) is 0 Å². The Morgan fingerprint density at radius 1 is 1.54 bits per heavy atom. The zero-order valence-corrected chi connectivity index (χ0v) is 8.02. The van der Waals surface area contributed by atoms with Crippen LogP contribution in [0.3, 0.4) is 0 Å². The molecule has 66 valence electrons. The molecule has 0 bridgehead atoms. The van der Waals surface area contributed by atoms with Crippen molar-refractivity contribution in [2.75, 3.05) is 0 Å². The standard InChI is InChI=1S/C7H5BrN4O/c8-6-3-5(1-2-9-6)12-4-10-11-7(12)13/h1-4H,(H,11,13). The van der Waals surface area contributed by atoms with Gasteiger partial charge in [-0.05, 0) is 28.1 Å². The lowest BCUT2D eigenvalue weighted by Crippen LogP contribution is -2.13. The summed E-state index contributed by atoms with van der Waals surface area (Å²) < 4.78 is 2.07. The van der Waals surface area contributed by atoms with Crippen LogP contribution in [0.4, 0.5) is 0 Å². The summed E-state index contributed by atoms with van der Waals surface area (Å²) in [5, 5.41) is 5.93. The van der Waals surface area contributed by atoms with E-state index in [2.05, 4.69) is 31.1 Å². The lowest BCUT2D eigenvalue weighted by atomic mass is 10.4. The fourth-order valence-corrected chi connectivity index (χ4v) is 1.33. The number of halogens is 1. The number of aromatic amines is 1. The first kappa shape index (κ1) is 8.18.